The molecule has 0 aliphatic carbocycles. The van der Waals surface area contributed by atoms with Crippen molar-refractivity contribution in [1.82, 2.24) is 4.98 Å². The Labute approximate surface area is 130 Å². The lowest BCUT2D eigenvalue weighted by Gasteiger charge is -2.09. The maximum Gasteiger partial charge on any atom is 0.311 e. The molecular weight excluding hydrogens is 278 g/mol. The summed E-state index contributed by atoms with van der Waals surface area (Å²) in [4.78, 5) is 15.6. The lowest BCUT2D eigenvalue weighted by molar-refractivity contribution is -0.134. The number of carbonyl (C=O) groups is 1. The van der Waals surface area contributed by atoms with E-state index in [0.717, 1.165) is 17.5 Å². The van der Waals surface area contributed by atoms with Gasteiger partial charge >= 0.3 is 5.97 Å². The molecule has 0 aliphatic rings. The van der Waals surface area contributed by atoms with Crippen LogP contribution in [0.5, 0.6) is 11.5 Å². The fourth-order valence-electron chi connectivity index (χ4n) is 1.92. The zero-order chi connectivity index (χ0) is 15.8. The maximum atomic E-state index is 11.6. The topological polar surface area (TPSA) is 48.4 Å². The van der Waals surface area contributed by atoms with E-state index in [-0.39, 0.29) is 5.97 Å². The van der Waals surface area contributed by atoms with Gasteiger partial charge in [0.2, 0.25) is 0 Å². The first-order valence-corrected chi connectivity index (χ1v) is 7.19. The number of rotatable bonds is 6. The van der Waals surface area contributed by atoms with E-state index in [9.17, 15) is 4.79 Å². The van der Waals surface area contributed by atoms with Crippen LogP contribution in [0.3, 0.4) is 0 Å². The lowest BCUT2D eigenvalue weighted by Crippen LogP contribution is -2.07. The fraction of sp³-hybridized carbons (Fsp3) is 0.222. The Morgan fingerprint density at radius 2 is 1.82 bits per heavy atom. The maximum absolute atomic E-state index is 11.6. The molecule has 0 unspecified atom stereocenters. The van der Waals surface area contributed by atoms with E-state index in [2.05, 4.69) is 4.98 Å². The van der Waals surface area contributed by atoms with E-state index >= 15 is 0 Å². The van der Waals surface area contributed by atoms with Crippen LogP contribution in [0.2, 0.25) is 0 Å². The monoisotopic (exact) mass is 297 g/mol. The van der Waals surface area contributed by atoms with Gasteiger partial charge in [-0.2, -0.15) is 0 Å². The molecular formula is C18H19NO3. The van der Waals surface area contributed by atoms with Gasteiger partial charge in [-0.05, 0) is 41.8 Å². The molecule has 0 atom stereocenters. The van der Waals surface area contributed by atoms with Gasteiger partial charge in [-0.15, -0.1) is 0 Å². The number of pyridine rings is 1. The minimum atomic E-state index is -0.249. The highest BCUT2D eigenvalue weighted by atomic mass is 16.6. The molecule has 2 aromatic rings. The largest absolute Gasteiger partial charge is 0.493 e. The van der Waals surface area contributed by atoms with Gasteiger partial charge in [0.05, 0.1) is 7.11 Å². The normalized spacial score (nSPS) is 10.6. The third-order valence-corrected chi connectivity index (χ3v) is 3.04. The summed E-state index contributed by atoms with van der Waals surface area (Å²) in [6.45, 7) is 1.94. The molecule has 0 aliphatic heterocycles. The number of aromatic nitrogens is 1. The van der Waals surface area contributed by atoms with Gasteiger partial charge in [-0.3, -0.25) is 9.78 Å². The van der Waals surface area contributed by atoms with Crippen LogP contribution in [-0.4, -0.2) is 18.1 Å². The van der Waals surface area contributed by atoms with E-state index in [0.29, 0.717) is 17.9 Å². The van der Waals surface area contributed by atoms with Crippen molar-refractivity contribution in [3.05, 3.63) is 53.9 Å². The van der Waals surface area contributed by atoms with E-state index in [4.69, 9.17) is 9.47 Å². The Hall–Kier alpha value is -2.62. The molecule has 0 fully saturated rings. The summed E-state index contributed by atoms with van der Waals surface area (Å²) >= 11 is 0. The standard InChI is InChI=1S/C18H19NO3/c1-3-4-18(20)22-16-8-7-15(13-17(16)21-2)6-5-14-9-11-19-12-10-14/h5-13H,3-4H2,1-2H3/b6-5+. The zero-order valence-electron chi connectivity index (χ0n) is 12.8. The van der Waals surface area contributed by atoms with Gasteiger partial charge in [0, 0.05) is 18.8 Å². The second-order valence-electron chi connectivity index (χ2n) is 4.75. The van der Waals surface area contributed by atoms with Crippen molar-refractivity contribution in [2.24, 2.45) is 0 Å². The number of nitrogens with zero attached hydrogens (tertiary/aromatic N) is 1. The van der Waals surface area contributed by atoms with Crippen LogP contribution in [0.4, 0.5) is 0 Å². The predicted octanol–water partition coefficient (Wildman–Crippen LogP) is 3.97. The lowest BCUT2D eigenvalue weighted by atomic mass is 10.1. The summed E-state index contributed by atoms with van der Waals surface area (Å²) in [5, 5.41) is 0. The zero-order valence-corrected chi connectivity index (χ0v) is 12.8. The molecule has 1 aromatic heterocycles. The summed E-state index contributed by atoms with van der Waals surface area (Å²) in [5.74, 6) is 0.740. The van der Waals surface area contributed by atoms with Crippen LogP contribution in [-0.2, 0) is 4.79 Å². The van der Waals surface area contributed by atoms with Crippen LogP contribution in [0, 0.1) is 0 Å². The number of methoxy groups -OCH3 is 1. The molecule has 4 nitrogen and oxygen atoms in total. The second kappa shape index (κ2) is 7.98. The Morgan fingerprint density at radius 1 is 1.09 bits per heavy atom. The van der Waals surface area contributed by atoms with Crippen LogP contribution < -0.4 is 9.47 Å². The highest BCUT2D eigenvalue weighted by molar-refractivity contribution is 5.74. The molecule has 0 saturated carbocycles. The minimum absolute atomic E-state index is 0.249. The number of esters is 1. The molecule has 0 amide bonds. The van der Waals surface area contributed by atoms with Crippen molar-refractivity contribution in [1.29, 1.82) is 0 Å². The van der Waals surface area contributed by atoms with E-state index < -0.39 is 0 Å². The van der Waals surface area contributed by atoms with E-state index in [1.54, 1.807) is 25.6 Å². The predicted molar refractivity (Wildman–Crippen MR) is 86.7 cm³/mol. The third kappa shape index (κ3) is 4.45. The van der Waals surface area contributed by atoms with Crippen LogP contribution in [0.25, 0.3) is 12.2 Å². The number of hydrogen-bond donors (Lipinski definition) is 0. The molecule has 22 heavy (non-hydrogen) atoms. The third-order valence-electron chi connectivity index (χ3n) is 3.04. The van der Waals surface area contributed by atoms with Crippen LogP contribution in [0.1, 0.15) is 30.9 Å². The molecule has 0 bridgehead atoms. The molecule has 2 rings (SSSR count). The van der Waals surface area contributed by atoms with Crippen molar-refractivity contribution >= 4 is 18.1 Å². The Morgan fingerprint density at radius 3 is 2.50 bits per heavy atom. The summed E-state index contributed by atoms with van der Waals surface area (Å²) in [6.07, 6.45) is 8.60. The molecule has 1 aromatic carbocycles. The number of benzene rings is 1. The molecule has 1 heterocycles. The van der Waals surface area contributed by atoms with Gasteiger partial charge in [-0.25, -0.2) is 0 Å². The van der Waals surface area contributed by atoms with Crippen molar-refractivity contribution in [3.63, 3.8) is 0 Å². The first kappa shape index (κ1) is 15.8. The molecule has 114 valence electrons. The molecule has 4 heteroatoms. The Kier molecular flexibility index (Phi) is 5.72. The number of ether oxygens (including phenoxy) is 2. The second-order valence-corrected chi connectivity index (χ2v) is 4.75. The summed E-state index contributed by atoms with van der Waals surface area (Å²) in [6, 6.07) is 9.32. The Bertz CT molecular complexity index is 651. The van der Waals surface area contributed by atoms with E-state index in [1.807, 2.05) is 43.3 Å². The molecule has 0 spiro atoms. The van der Waals surface area contributed by atoms with Crippen molar-refractivity contribution in [2.45, 2.75) is 19.8 Å². The van der Waals surface area contributed by atoms with Gasteiger partial charge in [0.15, 0.2) is 11.5 Å². The van der Waals surface area contributed by atoms with Crippen LogP contribution >= 0.6 is 0 Å². The SMILES string of the molecule is CCCC(=O)Oc1ccc(/C=C/c2ccncc2)cc1OC. The molecule has 0 radical (unpaired) electrons. The summed E-state index contributed by atoms with van der Waals surface area (Å²) in [5.41, 5.74) is 2.02. The number of hydrogen-bond acceptors (Lipinski definition) is 4. The van der Waals surface area contributed by atoms with Crippen molar-refractivity contribution in [2.75, 3.05) is 7.11 Å². The van der Waals surface area contributed by atoms with Crippen LogP contribution in [0.15, 0.2) is 42.7 Å². The van der Waals surface area contributed by atoms with Crippen molar-refractivity contribution < 1.29 is 14.3 Å². The average Bonchev–Trinajstić information content (AvgIpc) is 2.55. The van der Waals surface area contributed by atoms with Gasteiger partial charge in [0.25, 0.3) is 0 Å². The minimum Gasteiger partial charge on any atom is -0.493 e. The molecule has 0 saturated heterocycles. The van der Waals surface area contributed by atoms with Gasteiger partial charge < -0.3 is 9.47 Å². The average molecular weight is 297 g/mol. The number of carbonyl (C=O) groups excluding carboxylic acids is 1. The summed E-state index contributed by atoms with van der Waals surface area (Å²) < 4.78 is 10.6. The summed E-state index contributed by atoms with van der Waals surface area (Å²) in [7, 11) is 1.56. The van der Waals surface area contributed by atoms with Gasteiger partial charge in [0.1, 0.15) is 0 Å². The highest BCUT2D eigenvalue weighted by Crippen LogP contribution is 2.29. The quantitative estimate of drug-likeness (QED) is 0.598. The fourth-order valence-corrected chi connectivity index (χ4v) is 1.92. The van der Waals surface area contributed by atoms with Gasteiger partial charge in [-0.1, -0.05) is 25.1 Å². The Balaban J connectivity index is 2.15. The first-order chi connectivity index (χ1) is 10.7. The van der Waals surface area contributed by atoms with E-state index in [1.165, 1.54) is 0 Å². The first-order valence-electron chi connectivity index (χ1n) is 7.19. The highest BCUT2D eigenvalue weighted by Gasteiger charge is 2.09. The smallest absolute Gasteiger partial charge is 0.311 e. The van der Waals surface area contributed by atoms with Crippen molar-refractivity contribution in [3.8, 4) is 11.5 Å². The molecule has 0 N–H and O–H groups in total.